The van der Waals surface area contributed by atoms with Crippen molar-refractivity contribution in [3.05, 3.63) is 69.6 Å². The summed E-state index contributed by atoms with van der Waals surface area (Å²) in [6, 6.07) is 14.1. The molecule has 4 fully saturated rings. The second-order valence-corrected chi connectivity index (χ2v) is 10.9. The van der Waals surface area contributed by atoms with Crippen LogP contribution in [0.5, 0.6) is 0 Å². The summed E-state index contributed by atoms with van der Waals surface area (Å²) in [5, 5.41) is 3.33. The van der Waals surface area contributed by atoms with Crippen molar-refractivity contribution in [1.29, 1.82) is 0 Å². The molecule has 4 saturated carbocycles. The number of rotatable bonds is 9. The molecule has 1 aromatic carbocycles. The number of pyridine rings is 1. The van der Waals surface area contributed by atoms with Gasteiger partial charge < -0.3 is 10.3 Å². The average molecular weight is 448 g/mol. The monoisotopic (exact) mass is 447 g/mol. The largest absolute Gasteiger partial charge is 0.346 e. The van der Waals surface area contributed by atoms with Crippen molar-refractivity contribution < 1.29 is 4.79 Å². The Morgan fingerprint density at radius 2 is 1.67 bits per heavy atom. The van der Waals surface area contributed by atoms with E-state index >= 15 is 0 Å². The number of carbonyl (C=O) groups is 1. The van der Waals surface area contributed by atoms with Gasteiger partial charge in [0.05, 0.1) is 0 Å². The van der Waals surface area contributed by atoms with Crippen LogP contribution in [0.3, 0.4) is 0 Å². The van der Waals surface area contributed by atoms with Crippen LogP contribution in [0.4, 0.5) is 0 Å². The molecule has 4 aliphatic rings. The zero-order chi connectivity index (χ0) is 22.8. The number of amides is 1. The minimum absolute atomic E-state index is 0.0798. The summed E-state index contributed by atoms with van der Waals surface area (Å²) in [7, 11) is 0. The predicted molar refractivity (Wildman–Crippen MR) is 131 cm³/mol. The highest BCUT2D eigenvalue weighted by Crippen LogP contribution is 2.55. The van der Waals surface area contributed by atoms with Gasteiger partial charge in [-0.25, -0.2) is 0 Å². The molecule has 1 heterocycles. The van der Waals surface area contributed by atoms with Gasteiger partial charge in [0.2, 0.25) is 0 Å². The van der Waals surface area contributed by atoms with Crippen molar-refractivity contribution in [3.8, 4) is 0 Å². The van der Waals surface area contributed by atoms with Crippen molar-refractivity contribution in [3.63, 3.8) is 0 Å². The molecule has 176 valence electrons. The standard InChI is InChI=1S/C28H37N3O2/c1-2-3-11-31(18-20-7-5-4-6-8-20)19-24-9-10-25(26(32)29-24)27(33)30-28-15-21-12-22(16-28)14-23(13-21)17-28/h4-10,21-23H,2-3,11-19H2,1H3,(H,29,32)(H,30,33). The van der Waals surface area contributed by atoms with Crippen LogP contribution in [0.2, 0.25) is 0 Å². The van der Waals surface area contributed by atoms with Gasteiger partial charge in [-0.2, -0.15) is 0 Å². The molecule has 6 rings (SSSR count). The maximum absolute atomic E-state index is 13.1. The highest BCUT2D eigenvalue weighted by atomic mass is 16.2. The fraction of sp³-hybridized carbons (Fsp3) is 0.571. The number of unbranched alkanes of at least 4 members (excludes halogenated alkanes) is 1. The molecule has 4 bridgehead atoms. The number of aromatic nitrogens is 1. The molecule has 1 aromatic heterocycles. The first-order chi connectivity index (χ1) is 16.0. The molecular weight excluding hydrogens is 410 g/mol. The lowest BCUT2D eigenvalue weighted by Gasteiger charge is -2.56. The molecule has 0 unspecified atom stereocenters. The third kappa shape index (κ3) is 5.08. The van der Waals surface area contributed by atoms with Gasteiger partial charge in [0, 0.05) is 24.3 Å². The first-order valence-corrected chi connectivity index (χ1v) is 12.8. The minimum atomic E-state index is -0.273. The summed E-state index contributed by atoms with van der Waals surface area (Å²) < 4.78 is 0. The molecule has 0 aliphatic heterocycles. The molecule has 0 spiro atoms. The number of benzene rings is 1. The molecule has 0 saturated heterocycles. The quantitative estimate of drug-likeness (QED) is 0.576. The van der Waals surface area contributed by atoms with Crippen LogP contribution in [0.15, 0.2) is 47.3 Å². The number of hydrogen-bond acceptors (Lipinski definition) is 3. The van der Waals surface area contributed by atoms with E-state index in [0.717, 1.165) is 68.6 Å². The maximum Gasteiger partial charge on any atom is 0.261 e. The topological polar surface area (TPSA) is 65.2 Å². The minimum Gasteiger partial charge on any atom is -0.346 e. The Labute approximate surface area is 197 Å². The van der Waals surface area contributed by atoms with Gasteiger partial charge in [-0.15, -0.1) is 0 Å². The van der Waals surface area contributed by atoms with Gasteiger partial charge in [0.1, 0.15) is 5.56 Å². The third-order valence-corrected chi connectivity index (χ3v) is 8.10. The molecule has 5 nitrogen and oxygen atoms in total. The highest BCUT2D eigenvalue weighted by Gasteiger charge is 2.51. The number of nitrogens with one attached hydrogen (secondary N) is 2. The molecular formula is C28H37N3O2. The van der Waals surface area contributed by atoms with Gasteiger partial charge >= 0.3 is 0 Å². The maximum atomic E-state index is 13.1. The summed E-state index contributed by atoms with van der Waals surface area (Å²) in [4.78, 5) is 31.4. The van der Waals surface area contributed by atoms with E-state index in [4.69, 9.17) is 0 Å². The predicted octanol–water partition coefficient (Wildman–Crippen LogP) is 4.88. The van der Waals surface area contributed by atoms with E-state index in [9.17, 15) is 9.59 Å². The third-order valence-electron chi connectivity index (χ3n) is 8.10. The second kappa shape index (κ2) is 9.46. The summed E-state index contributed by atoms with van der Waals surface area (Å²) >= 11 is 0. The molecule has 1 amide bonds. The van der Waals surface area contributed by atoms with Crippen molar-refractivity contribution in [1.82, 2.24) is 15.2 Å². The van der Waals surface area contributed by atoms with E-state index in [2.05, 4.69) is 46.4 Å². The number of H-pyrrole nitrogens is 1. The van der Waals surface area contributed by atoms with Crippen LogP contribution in [-0.4, -0.2) is 27.9 Å². The Kier molecular flexibility index (Phi) is 6.42. The van der Waals surface area contributed by atoms with Crippen LogP contribution in [0.1, 0.15) is 79.9 Å². The van der Waals surface area contributed by atoms with E-state index in [1.54, 1.807) is 6.07 Å². The Morgan fingerprint density at radius 1 is 1.00 bits per heavy atom. The van der Waals surface area contributed by atoms with Gasteiger partial charge in [-0.1, -0.05) is 43.7 Å². The molecule has 5 heteroatoms. The number of carbonyl (C=O) groups excluding carboxylic acids is 1. The Hall–Kier alpha value is -2.40. The fourth-order valence-electron chi connectivity index (χ4n) is 7.04. The first-order valence-electron chi connectivity index (χ1n) is 12.8. The second-order valence-electron chi connectivity index (χ2n) is 10.9. The lowest BCUT2D eigenvalue weighted by Crippen LogP contribution is -2.60. The van der Waals surface area contributed by atoms with E-state index in [0.29, 0.717) is 6.54 Å². The summed E-state index contributed by atoms with van der Waals surface area (Å²) in [5.74, 6) is 2.08. The first kappa shape index (κ1) is 22.4. The van der Waals surface area contributed by atoms with Crippen LogP contribution in [0, 0.1) is 17.8 Å². The van der Waals surface area contributed by atoms with Gasteiger partial charge in [-0.3, -0.25) is 14.5 Å². The van der Waals surface area contributed by atoms with Gasteiger partial charge in [-0.05, 0) is 86.9 Å². The molecule has 0 radical (unpaired) electrons. The van der Waals surface area contributed by atoms with E-state index in [-0.39, 0.29) is 22.6 Å². The van der Waals surface area contributed by atoms with Crippen LogP contribution >= 0.6 is 0 Å². The summed E-state index contributed by atoms with van der Waals surface area (Å²) in [5.41, 5.74) is 2.02. The molecule has 4 aliphatic carbocycles. The smallest absolute Gasteiger partial charge is 0.261 e. The molecule has 2 N–H and O–H groups in total. The van der Waals surface area contributed by atoms with E-state index in [1.807, 2.05) is 12.1 Å². The van der Waals surface area contributed by atoms with Crippen molar-refractivity contribution in [2.24, 2.45) is 17.8 Å². The van der Waals surface area contributed by atoms with Crippen LogP contribution < -0.4 is 10.9 Å². The fourth-order valence-corrected chi connectivity index (χ4v) is 7.04. The van der Waals surface area contributed by atoms with E-state index in [1.165, 1.54) is 24.8 Å². The summed E-state index contributed by atoms with van der Waals surface area (Å²) in [6.45, 7) is 4.68. The highest BCUT2D eigenvalue weighted by molar-refractivity contribution is 5.94. The SMILES string of the molecule is CCCCN(Cc1ccccc1)Cc1ccc(C(=O)NC23CC4CC(CC(C4)C2)C3)c(=O)[nH]1. The molecule has 0 atom stereocenters. The molecule has 33 heavy (non-hydrogen) atoms. The van der Waals surface area contributed by atoms with Gasteiger partial charge in [0.25, 0.3) is 11.5 Å². The van der Waals surface area contributed by atoms with Crippen molar-refractivity contribution in [2.45, 2.75) is 76.9 Å². The average Bonchev–Trinajstić information content (AvgIpc) is 2.77. The number of hydrogen-bond donors (Lipinski definition) is 2. The van der Waals surface area contributed by atoms with Crippen molar-refractivity contribution >= 4 is 5.91 Å². The Morgan fingerprint density at radius 3 is 2.27 bits per heavy atom. The Balaban J connectivity index is 1.26. The molecule has 2 aromatic rings. The lowest BCUT2D eigenvalue weighted by molar-refractivity contribution is -0.0167. The normalized spacial score (nSPS) is 27.8. The van der Waals surface area contributed by atoms with E-state index < -0.39 is 0 Å². The Bertz CT molecular complexity index is 994. The van der Waals surface area contributed by atoms with Crippen LogP contribution in [-0.2, 0) is 13.1 Å². The number of aromatic amines is 1. The summed E-state index contributed by atoms with van der Waals surface area (Å²) in [6.07, 6.45) is 9.52. The zero-order valence-corrected chi connectivity index (χ0v) is 19.8. The number of nitrogens with zero attached hydrogens (tertiary/aromatic N) is 1. The lowest BCUT2D eigenvalue weighted by atomic mass is 9.53. The van der Waals surface area contributed by atoms with Gasteiger partial charge in [0.15, 0.2) is 0 Å². The van der Waals surface area contributed by atoms with Crippen LogP contribution in [0.25, 0.3) is 0 Å². The zero-order valence-electron chi connectivity index (χ0n) is 19.8. The van der Waals surface area contributed by atoms with Crippen molar-refractivity contribution in [2.75, 3.05) is 6.54 Å².